The molecule has 0 unspecified atom stereocenters. The van der Waals surface area contributed by atoms with Gasteiger partial charge in [0.25, 0.3) is 0 Å². The van der Waals surface area contributed by atoms with Gasteiger partial charge < -0.3 is 9.84 Å². The summed E-state index contributed by atoms with van der Waals surface area (Å²) in [6, 6.07) is 0. The predicted octanol–water partition coefficient (Wildman–Crippen LogP) is 4.70. The summed E-state index contributed by atoms with van der Waals surface area (Å²) in [6.07, 6.45) is 3.10. The fourth-order valence-corrected chi connectivity index (χ4v) is 3.54. The number of thiophene rings is 1. The van der Waals surface area contributed by atoms with Crippen LogP contribution in [0, 0.1) is 0 Å². The molecule has 0 fully saturated rings. The molecule has 1 aromatic rings. The Labute approximate surface area is 135 Å². The van der Waals surface area contributed by atoms with Gasteiger partial charge >= 0.3 is 12.1 Å². The van der Waals surface area contributed by atoms with Gasteiger partial charge in [0.15, 0.2) is 0 Å². The molecule has 0 bridgehead atoms. The normalized spacial score (nSPS) is 13.5. The van der Waals surface area contributed by atoms with Crippen LogP contribution in [0.2, 0.25) is 0 Å². The molecule has 6 heteroatoms. The second-order valence-corrected chi connectivity index (χ2v) is 6.95. The van der Waals surface area contributed by atoms with Gasteiger partial charge in [-0.3, -0.25) is 5.32 Å². The van der Waals surface area contributed by atoms with Crippen molar-refractivity contribution in [3.8, 4) is 0 Å². The molecule has 5 nitrogen and oxygen atoms in total. The number of hydrogen-bond donors (Lipinski definition) is 2. The fourth-order valence-electron chi connectivity index (χ4n) is 2.28. The number of ether oxygens (including phenoxy) is 1. The summed E-state index contributed by atoms with van der Waals surface area (Å²) in [4.78, 5) is 24.3. The average Bonchev–Trinajstić information content (AvgIpc) is 2.76. The van der Waals surface area contributed by atoms with E-state index >= 15 is 0 Å². The number of hydrogen-bond acceptors (Lipinski definition) is 4. The van der Waals surface area contributed by atoms with E-state index in [0.717, 1.165) is 36.1 Å². The third-order valence-corrected chi connectivity index (χ3v) is 4.21. The summed E-state index contributed by atoms with van der Waals surface area (Å²) in [5, 5.41) is 12.3. The minimum atomic E-state index is -0.990. The highest BCUT2D eigenvalue weighted by Crippen LogP contribution is 2.38. The Morgan fingerprint density at radius 3 is 2.32 bits per heavy atom. The van der Waals surface area contributed by atoms with E-state index in [1.165, 1.54) is 11.3 Å². The summed E-state index contributed by atoms with van der Waals surface area (Å²) in [6.45, 7) is 9.30. The van der Waals surface area contributed by atoms with E-state index in [1.807, 2.05) is 13.8 Å². The smallest absolute Gasteiger partial charge is 0.412 e. The van der Waals surface area contributed by atoms with Crippen LogP contribution in [0.15, 0.2) is 0 Å². The van der Waals surface area contributed by atoms with Gasteiger partial charge in [0.1, 0.15) is 10.6 Å². The van der Waals surface area contributed by atoms with Crippen LogP contribution in [0.1, 0.15) is 68.3 Å². The number of anilines is 1. The Morgan fingerprint density at radius 1 is 1.18 bits per heavy atom. The van der Waals surface area contributed by atoms with Crippen LogP contribution in [-0.4, -0.2) is 22.8 Å². The quantitative estimate of drug-likeness (QED) is 0.825. The van der Waals surface area contributed by atoms with Gasteiger partial charge in [0.2, 0.25) is 0 Å². The topological polar surface area (TPSA) is 75.6 Å². The first-order chi connectivity index (χ1) is 10.3. The van der Waals surface area contributed by atoms with Crippen LogP contribution in [-0.2, 0) is 17.6 Å². The Bertz CT molecular complexity index is 543. The summed E-state index contributed by atoms with van der Waals surface area (Å²) >= 11 is 1.35. The summed E-state index contributed by atoms with van der Waals surface area (Å²) in [7, 11) is 0. The van der Waals surface area contributed by atoms with Crippen molar-refractivity contribution < 1.29 is 19.4 Å². The largest absolute Gasteiger partial charge is 0.478 e. The number of aryl methyl sites for hydroxylation is 1. The van der Waals surface area contributed by atoms with Crippen molar-refractivity contribution >= 4 is 28.4 Å². The zero-order valence-electron chi connectivity index (χ0n) is 13.9. The number of fused-ring (bicyclic) bond motifs is 1. The highest BCUT2D eigenvalue weighted by Gasteiger charge is 2.27. The van der Waals surface area contributed by atoms with Crippen LogP contribution in [0.4, 0.5) is 9.80 Å². The van der Waals surface area contributed by atoms with Gasteiger partial charge in [-0.05, 0) is 52.0 Å². The number of rotatable bonds is 2. The molecule has 1 aromatic heterocycles. The molecule has 0 atom stereocenters. The lowest BCUT2D eigenvalue weighted by Crippen LogP contribution is -2.27. The van der Waals surface area contributed by atoms with E-state index in [2.05, 4.69) is 5.32 Å². The van der Waals surface area contributed by atoms with E-state index < -0.39 is 17.7 Å². The fraction of sp³-hybridized carbons (Fsp3) is 0.625. The number of carboxylic acids is 1. The van der Waals surface area contributed by atoms with E-state index in [9.17, 15) is 14.7 Å². The van der Waals surface area contributed by atoms with Crippen molar-refractivity contribution in [2.75, 3.05) is 5.32 Å². The lowest BCUT2D eigenvalue weighted by Gasteiger charge is -2.19. The zero-order chi connectivity index (χ0) is 16.9. The second-order valence-electron chi connectivity index (χ2n) is 5.85. The van der Waals surface area contributed by atoms with Crippen molar-refractivity contribution in [2.45, 2.75) is 65.9 Å². The van der Waals surface area contributed by atoms with Crippen LogP contribution < -0.4 is 5.32 Å². The minimum absolute atomic E-state index is 0.232. The predicted molar refractivity (Wildman–Crippen MR) is 89.1 cm³/mol. The highest BCUT2D eigenvalue weighted by molar-refractivity contribution is 7.17. The first-order valence-corrected chi connectivity index (χ1v) is 8.47. The molecule has 0 saturated carbocycles. The highest BCUT2D eigenvalue weighted by atomic mass is 32.1. The molecule has 2 N–H and O–H groups in total. The zero-order valence-corrected chi connectivity index (χ0v) is 14.7. The summed E-state index contributed by atoms with van der Waals surface area (Å²) in [5.74, 6) is -0.990. The molecular formula is C16H25NO4S. The van der Waals surface area contributed by atoms with Crippen molar-refractivity contribution in [3.05, 3.63) is 16.0 Å². The molecule has 1 aliphatic rings. The summed E-state index contributed by atoms with van der Waals surface area (Å²) < 4.78 is 5.17. The van der Waals surface area contributed by atoms with E-state index in [0.29, 0.717) is 5.00 Å². The van der Waals surface area contributed by atoms with Crippen molar-refractivity contribution in [1.82, 2.24) is 0 Å². The van der Waals surface area contributed by atoms with Gasteiger partial charge in [-0.15, -0.1) is 11.3 Å². The van der Waals surface area contributed by atoms with Crippen molar-refractivity contribution in [2.24, 2.45) is 0 Å². The lowest BCUT2D eigenvalue weighted by atomic mass is 9.95. The van der Waals surface area contributed by atoms with Gasteiger partial charge in [0.05, 0.1) is 5.56 Å². The monoisotopic (exact) mass is 327 g/mol. The Morgan fingerprint density at radius 2 is 1.77 bits per heavy atom. The van der Waals surface area contributed by atoms with Crippen LogP contribution in [0.25, 0.3) is 0 Å². The molecule has 124 valence electrons. The van der Waals surface area contributed by atoms with Gasteiger partial charge in [-0.2, -0.15) is 0 Å². The number of nitrogens with one attached hydrogen (secondary N) is 1. The third kappa shape index (κ3) is 4.73. The molecule has 1 amide bonds. The molecule has 0 saturated heterocycles. The maximum atomic E-state index is 11.8. The van der Waals surface area contributed by atoms with Gasteiger partial charge in [0, 0.05) is 4.88 Å². The number of carboxylic acid groups (broad SMARTS) is 1. The first kappa shape index (κ1) is 18.5. The Hall–Kier alpha value is -1.56. The van der Waals surface area contributed by atoms with E-state index in [1.54, 1.807) is 20.8 Å². The average molecular weight is 327 g/mol. The van der Waals surface area contributed by atoms with Crippen molar-refractivity contribution in [3.63, 3.8) is 0 Å². The van der Waals surface area contributed by atoms with Gasteiger partial charge in [-0.1, -0.05) is 13.8 Å². The maximum absolute atomic E-state index is 11.8. The van der Waals surface area contributed by atoms with Crippen molar-refractivity contribution in [1.29, 1.82) is 0 Å². The molecule has 2 rings (SSSR count). The molecule has 0 radical (unpaired) electrons. The Balaban J connectivity index is 0.00000116. The number of carbonyl (C=O) groups excluding carboxylic acids is 1. The number of carbonyl (C=O) groups is 2. The SMILES string of the molecule is CC.CC(C)(C)OC(=O)Nc1sc2c(c1C(=O)O)CCCC2. The molecule has 0 spiro atoms. The molecule has 1 aliphatic carbocycles. The number of amides is 1. The van der Waals surface area contributed by atoms with Crippen LogP contribution in [0.5, 0.6) is 0 Å². The maximum Gasteiger partial charge on any atom is 0.412 e. The molecular weight excluding hydrogens is 302 g/mol. The van der Waals surface area contributed by atoms with Gasteiger partial charge in [-0.25, -0.2) is 9.59 Å². The van der Waals surface area contributed by atoms with Crippen LogP contribution >= 0.6 is 11.3 Å². The molecule has 0 aromatic carbocycles. The van der Waals surface area contributed by atoms with E-state index in [4.69, 9.17) is 4.74 Å². The minimum Gasteiger partial charge on any atom is -0.478 e. The summed E-state index contributed by atoms with van der Waals surface area (Å²) in [5.41, 5.74) is 0.500. The third-order valence-electron chi connectivity index (χ3n) is 3.00. The number of aromatic carboxylic acids is 1. The molecule has 1 heterocycles. The standard InChI is InChI=1S/C14H19NO4S.C2H6/c1-14(2,3)19-13(18)15-11-10(12(16)17)8-6-4-5-7-9(8)20-11;1-2/h4-7H2,1-3H3,(H,15,18)(H,16,17);1-2H3. The Kier molecular flexibility index (Phi) is 6.41. The molecule has 22 heavy (non-hydrogen) atoms. The van der Waals surface area contributed by atoms with Crippen LogP contribution in [0.3, 0.4) is 0 Å². The lowest BCUT2D eigenvalue weighted by molar-refractivity contribution is 0.0636. The second kappa shape index (κ2) is 7.63. The molecule has 0 aliphatic heterocycles. The van der Waals surface area contributed by atoms with E-state index in [-0.39, 0.29) is 5.56 Å². The first-order valence-electron chi connectivity index (χ1n) is 7.66.